The van der Waals surface area contributed by atoms with E-state index in [1.807, 2.05) is 0 Å². The Bertz CT molecular complexity index is 3170. The summed E-state index contributed by atoms with van der Waals surface area (Å²) < 4.78 is 14.9. The van der Waals surface area contributed by atoms with Crippen LogP contribution in [0.25, 0.3) is 72.4 Å². The molecule has 11 rings (SSSR count). The van der Waals surface area contributed by atoms with Gasteiger partial charge in [-0.25, -0.2) is 0 Å². The van der Waals surface area contributed by atoms with Gasteiger partial charge in [-0.1, -0.05) is 119 Å². The maximum Gasteiger partial charge on any atom is 0.364 e. The van der Waals surface area contributed by atoms with Gasteiger partial charge in [0, 0.05) is 27.6 Å². The van der Waals surface area contributed by atoms with E-state index >= 15 is 0 Å². The van der Waals surface area contributed by atoms with Crippen LogP contribution in [-0.2, 0) is 11.1 Å². The number of hydrogen-bond acceptors (Lipinski definition) is 1. The average molecular weight is 758 g/mol. The number of para-hydroxylation sites is 3. The number of hydrogen-bond donors (Lipinski definition) is 0. The molecule has 2 aliphatic rings. The van der Waals surface area contributed by atoms with Crippen LogP contribution in [0.15, 0.2) is 144 Å². The highest BCUT2D eigenvalue weighted by molar-refractivity contribution is 6.88. The summed E-state index contributed by atoms with van der Waals surface area (Å²) in [6, 6.07) is 49.8. The van der Waals surface area contributed by atoms with Gasteiger partial charge in [0.25, 0.3) is 0 Å². The minimum Gasteiger partial charge on any atom is -0.455 e. The normalized spacial score (nSPS) is 15.8. The summed E-state index contributed by atoms with van der Waals surface area (Å²) >= 11 is 0. The molecule has 0 radical (unpaired) electrons. The minimum absolute atomic E-state index is 0.0212. The fraction of sp³-hybridized carbons (Fsp3) is 0.192. The molecule has 1 unspecified atom stereocenters. The van der Waals surface area contributed by atoms with Gasteiger partial charge < -0.3 is 4.42 Å². The van der Waals surface area contributed by atoms with Crippen LogP contribution in [0.5, 0.6) is 0 Å². The zero-order valence-corrected chi connectivity index (χ0v) is 35.0. The quantitative estimate of drug-likeness (QED) is 0.130. The number of aryl methyl sites for hydroxylation is 2. The molecule has 0 saturated carbocycles. The zero-order valence-electron chi connectivity index (χ0n) is 34.0. The van der Waals surface area contributed by atoms with Gasteiger partial charge in [0.15, 0.2) is 22.8 Å². The first-order chi connectivity index (χ1) is 27.4. The third-order valence-electron chi connectivity index (χ3n) is 12.7. The number of benzene rings is 6. The molecule has 2 aliphatic heterocycles. The summed E-state index contributed by atoms with van der Waals surface area (Å²) in [5, 5.41) is 3.75. The van der Waals surface area contributed by atoms with E-state index in [1.165, 1.54) is 60.9 Å². The van der Waals surface area contributed by atoms with Crippen molar-refractivity contribution in [3.05, 3.63) is 167 Å². The number of furan rings is 1. The van der Waals surface area contributed by atoms with E-state index in [0.29, 0.717) is 0 Å². The first-order valence-electron chi connectivity index (χ1n) is 20.3. The van der Waals surface area contributed by atoms with Crippen LogP contribution < -0.4 is 14.3 Å². The molecule has 1 spiro atoms. The van der Waals surface area contributed by atoms with Crippen molar-refractivity contribution < 1.29 is 13.6 Å². The van der Waals surface area contributed by atoms with E-state index in [4.69, 9.17) is 4.42 Å². The number of aromatic nitrogens is 3. The van der Waals surface area contributed by atoms with Gasteiger partial charge in [-0.05, 0) is 90.6 Å². The molecule has 0 fully saturated rings. The Morgan fingerprint density at radius 2 is 1.44 bits per heavy atom. The van der Waals surface area contributed by atoms with Gasteiger partial charge in [-0.3, -0.25) is 0 Å². The molecule has 5 heteroatoms. The molecule has 4 nitrogen and oxygen atoms in total. The standard InChI is InChI=1S/C52H47N3OSi/c1-32-22-24-38-41(28-32)52(53-31-47(57(6,7)8)33(2)29-45(38)53)40-26-25-37-36-18-12-15-21-46(36)56-49(37)48(40)50-54(43-19-13-14-20-44(43)55(50)52)42-27-23-35(51(3,4)5)30-39(42)34-16-10-9-11-17-34/h9-31H,1-8H3/q+2. The van der Waals surface area contributed by atoms with Gasteiger partial charge in [0.05, 0.1) is 24.8 Å². The number of imidazole rings is 1. The first kappa shape index (κ1) is 34.2. The lowest BCUT2D eigenvalue weighted by molar-refractivity contribution is -0.944. The highest BCUT2D eigenvalue weighted by Crippen LogP contribution is 2.53. The molecular formula is C52H47N3OSi+2. The van der Waals surface area contributed by atoms with Gasteiger partial charge in [-0.2, -0.15) is 4.57 Å². The topological polar surface area (TPSA) is 25.8 Å². The van der Waals surface area contributed by atoms with Crippen LogP contribution in [-0.4, -0.2) is 12.6 Å². The number of fused-ring (bicyclic) bond motifs is 16. The summed E-state index contributed by atoms with van der Waals surface area (Å²) in [4.78, 5) is 0. The highest BCUT2D eigenvalue weighted by Gasteiger charge is 2.67. The summed E-state index contributed by atoms with van der Waals surface area (Å²) in [5.74, 6) is 1.12. The summed E-state index contributed by atoms with van der Waals surface area (Å²) in [6.45, 7) is 18.9. The minimum atomic E-state index is -1.77. The molecule has 0 amide bonds. The lowest BCUT2D eigenvalue weighted by Gasteiger charge is -2.23. The Labute approximate surface area is 335 Å². The molecule has 57 heavy (non-hydrogen) atoms. The molecule has 9 aromatic rings. The molecular weight excluding hydrogens is 711 g/mol. The lowest BCUT2D eigenvalue weighted by atomic mass is 9.85. The van der Waals surface area contributed by atoms with Crippen molar-refractivity contribution in [3.8, 4) is 39.5 Å². The van der Waals surface area contributed by atoms with E-state index in [9.17, 15) is 0 Å². The van der Waals surface area contributed by atoms with Crippen molar-refractivity contribution in [2.45, 2.75) is 65.3 Å². The van der Waals surface area contributed by atoms with E-state index in [-0.39, 0.29) is 5.41 Å². The van der Waals surface area contributed by atoms with Crippen molar-refractivity contribution in [1.82, 2.24) is 4.57 Å². The molecule has 0 aliphatic carbocycles. The number of rotatable bonds is 3. The van der Waals surface area contributed by atoms with E-state index in [1.54, 1.807) is 0 Å². The number of nitrogens with zero attached hydrogens (tertiary/aromatic N) is 3. The monoisotopic (exact) mass is 757 g/mol. The van der Waals surface area contributed by atoms with Crippen molar-refractivity contribution >= 4 is 46.2 Å². The SMILES string of the molecule is Cc1ccc2c(c1)C1(c3ccc4c(oc5ccccc54)c3-c3n(-c4ccc(C(C)(C)C)cc4-c4ccccc4)c4ccccc4[n+]31)[n+]1cc([Si](C)(C)C)c(C)cc1-2. The summed E-state index contributed by atoms with van der Waals surface area (Å²) in [6.07, 6.45) is 2.53. The Morgan fingerprint density at radius 3 is 2.23 bits per heavy atom. The van der Waals surface area contributed by atoms with Crippen LogP contribution in [0, 0.1) is 13.8 Å². The predicted octanol–water partition coefficient (Wildman–Crippen LogP) is 11.5. The second-order valence-corrected chi connectivity index (χ2v) is 23.4. The zero-order chi connectivity index (χ0) is 39.2. The predicted molar refractivity (Wildman–Crippen MR) is 236 cm³/mol. The van der Waals surface area contributed by atoms with E-state index in [2.05, 4.69) is 208 Å². The Morgan fingerprint density at radius 1 is 0.684 bits per heavy atom. The molecule has 5 heterocycles. The van der Waals surface area contributed by atoms with Crippen LogP contribution in [0.1, 0.15) is 48.6 Å². The maximum atomic E-state index is 7.09. The largest absolute Gasteiger partial charge is 0.455 e. The highest BCUT2D eigenvalue weighted by atomic mass is 28.3. The van der Waals surface area contributed by atoms with Crippen LogP contribution in [0.2, 0.25) is 19.6 Å². The fourth-order valence-corrected chi connectivity index (χ4v) is 11.9. The van der Waals surface area contributed by atoms with Crippen molar-refractivity contribution in [3.63, 3.8) is 0 Å². The fourth-order valence-electron chi connectivity index (χ4n) is 10.1. The first-order valence-corrected chi connectivity index (χ1v) is 23.8. The Balaban J connectivity index is 1.39. The van der Waals surface area contributed by atoms with Crippen LogP contribution in [0.4, 0.5) is 0 Å². The molecule has 278 valence electrons. The summed E-state index contributed by atoms with van der Waals surface area (Å²) in [7, 11) is -1.77. The van der Waals surface area contributed by atoms with Gasteiger partial charge in [0.2, 0.25) is 5.69 Å². The van der Waals surface area contributed by atoms with E-state index < -0.39 is 13.7 Å². The van der Waals surface area contributed by atoms with Crippen LogP contribution >= 0.6 is 0 Å². The van der Waals surface area contributed by atoms with Crippen molar-refractivity contribution in [2.75, 3.05) is 0 Å². The van der Waals surface area contributed by atoms with Gasteiger partial charge >= 0.3 is 11.5 Å². The molecule has 0 N–H and O–H groups in total. The van der Waals surface area contributed by atoms with Crippen molar-refractivity contribution in [2.24, 2.45) is 0 Å². The number of pyridine rings is 1. The van der Waals surface area contributed by atoms with Crippen molar-refractivity contribution in [1.29, 1.82) is 0 Å². The summed E-state index contributed by atoms with van der Waals surface area (Å²) in [5.41, 5.74) is 17.1. The van der Waals surface area contributed by atoms with Gasteiger partial charge in [-0.15, -0.1) is 9.13 Å². The van der Waals surface area contributed by atoms with E-state index in [0.717, 1.165) is 44.5 Å². The third kappa shape index (κ3) is 4.55. The molecule has 3 aromatic heterocycles. The maximum absolute atomic E-state index is 7.09. The lowest BCUT2D eigenvalue weighted by Crippen LogP contribution is -2.72. The third-order valence-corrected chi connectivity index (χ3v) is 14.9. The Hall–Kier alpha value is -6.04. The second kappa shape index (κ2) is 11.5. The molecule has 0 bridgehead atoms. The second-order valence-electron chi connectivity index (χ2n) is 18.4. The molecule has 6 aromatic carbocycles. The smallest absolute Gasteiger partial charge is 0.364 e. The molecule has 0 saturated heterocycles. The average Bonchev–Trinajstić information content (AvgIpc) is 3.90. The Kier molecular flexibility index (Phi) is 6.92. The van der Waals surface area contributed by atoms with Gasteiger partial charge in [0.1, 0.15) is 16.8 Å². The molecule has 1 atom stereocenters. The van der Waals surface area contributed by atoms with Crippen LogP contribution in [0.3, 0.4) is 0 Å².